The molecule has 2 aromatic heterocycles. The van der Waals surface area contributed by atoms with Crippen LogP contribution < -0.4 is 0 Å². The average molecular weight is 879 g/mol. The molecule has 0 aliphatic carbocycles. The summed E-state index contributed by atoms with van der Waals surface area (Å²) < 4.78 is 132. The predicted molar refractivity (Wildman–Crippen MR) is 279 cm³/mol. The fourth-order valence-corrected chi connectivity index (χ4v) is 8.34. The summed E-state index contributed by atoms with van der Waals surface area (Å²) in [6.45, 7) is 3.12. The number of hydrogen-bond donors (Lipinski definition) is 1. The first-order valence-corrected chi connectivity index (χ1v) is 22.2. The van der Waals surface area contributed by atoms with E-state index >= 15 is 0 Å². The van der Waals surface area contributed by atoms with E-state index in [1.165, 1.54) is 0 Å². The summed E-state index contributed by atoms with van der Waals surface area (Å²) >= 11 is 0. The van der Waals surface area contributed by atoms with Crippen LogP contribution in [-0.4, -0.2) is 19.6 Å². The van der Waals surface area contributed by atoms with Crippen molar-refractivity contribution in [3.05, 3.63) is 192 Å². The van der Waals surface area contributed by atoms with Crippen LogP contribution in [0.15, 0.2) is 170 Å². The number of para-hydroxylation sites is 1. The van der Waals surface area contributed by atoms with Crippen LogP contribution in [0.1, 0.15) is 124 Å². The van der Waals surface area contributed by atoms with Crippen molar-refractivity contribution in [3.8, 4) is 78.6 Å². The third kappa shape index (κ3) is 8.73. The fourth-order valence-electron chi connectivity index (χ4n) is 8.34. The van der Waals surface area contributed by atoms with E-state index in [4.69, 9.17) is 21.4 Å². The normalized spacial score (nSPS) is 16.0. The van der Waals surface area contributed by atoms with Crippen molar-refractivity contribution in [3.63, 3.8) is 0 Å². The average Bonchev–Trinajstić information content (AvgIpc) is 3.88. The number of rotatable bonds is 9. The predicted octanol–water partition coefficient (Wildman–Crippen LogP) is 17.0. The molecule has 1 N–H and O–H groups in total. The Morgan fingerprint density at radius 3 is 1.85 bits per heavy atom. The molecule has 0 fully saturated rings. The van der Waals surface area contributed by atoms with Crippen LogP contribution in [0.4, 0.5) is 0 Å². The maximum absolute atomic E-state index is 12.4. The molecule has 0 bridgehead atoms. The lowest BCUT2D eigenvalue weighted by atomic mass is 9.85. The van der Waals surface area contributed by atoms with Gasteiger partial charge in [-0.05, 0) is 138 Å². The molecule has 330 valence electrons. The maximum Gasteiger partial charge on any atom is 0.149 e. The standard InChI is InChI=1S/C62H61N3O/c1-39(2)45-35-54(40(3)4)59(66)55(36-45)60-64-58-53(22-17-23-57(58)65(60)52-34-47(42-20-15-12-16-21-42)33-51(38-52)62(8,9)10)48-30-46(41-18-13-11-14-19-41)31-49(32-48)56-37-44(28-29-63-56)43-24-26-50(27-25-43)61(5,6)7/h11-40,66H,1-10H3/i5D3,6D3,7D3,24D,25D,26D,27D,28D,37D. The van der Waals surface area contributed by atoms with Gasteiger partial charge in [-0.1, -0.05) is 178 Å². The first kappa shape index (κ1) is 29.5. The lowest BCUT2D eigenvalue weighted by Gasteiger charge is -2.23. The molecule has 0 amide bonds. The molecule has 0 atom stereocenters. The molecule has 4 nitrogen and oxygen atoms in total. The van der Waals surface area contributed by atoms with Gasteiger partial charge in [0.2, 0.25) is 0 Å². The van der Waals surface area contributed by atoms with Gasteiger partial charge >= 0.3 is 0 Å². The molecule has 0 unspecified atom stereocenters. The van der Waals surface area contributed by atoms with Gasteiger partial charge in [0.1, 0.15) is 11.6 Å². The van der Waals surface area contributed by atoms with E-state index in [-0.39, 0.29) is 28.7 Å². The molecule has 0 spiro atoms. The van der Waals surface area contributed by atoms with E-state index in [1.807, 2.05) is 92.7 Å². The summed E-state index contributed by atoms with van der Waals surface area (Å²) in [5.74, 6) is 0.682. The largest absolute Gasteiger partial charge is 0.507 e. The van der Waals surface area contributed by atoms with Crippen molar-refractivity contribution < 1.29 is 25.7 Å². The highest BCUT2D eigenvalue weighted by molar-refractivity contribution is 5.98. The number of imidazole rings is 1. The Morgan fingerprint density at radius 1 is 0.561 bits per heavy atom. The SMILES string of the molecule is [2H]c1cnc(-c2cc(-c3ccccc3)cc(-c3cccc4c3nc(-c3cc(C(C)C)cc(C(C)C)c3O)n4-c3cc(-c4ccccc4)cc(C(C)(C)C)c3)c2)c([2H])c1-c1c([2H])c([2H])c(C(C([2H])([2H])[2H])(C([2H])([2H])[2H])C([2H])([2H])[2H])c([2H])c1[2H]. The summed E-state index contributed by atoms with van der Waals surface area (Å²) in [6.07, 6.45) is 1.09. The van der Waals surface area contributed by atoms with Crippen molar-refractivity contribution in [2.45, 2.75) is 91.7 Å². The Balaban J connectivity index is 1.34. The molecule has 9 rings (SSSR count). The van der Waals surface area contributed by atoms with Crippen LogP contribution in [0.2, 0.25) is 0 Å². The quantitative estimate of drug-likeness (QED) is 0.157. The molecular formula is C62H61N3O. The minimum absolute atomic E-state index is 0.0318. The summed E-state index contributed by atoms with van der Waals surface area (Å²) in [7, 11) is 0. The van der Waals surface area contributed by atoms with Gasteiger partial charge < -0.3 is 5.11 Å². The molecule has 9 aromatic rings. The van der Waals surface area contributed by atoms with Crippen molar-refractivity contribution in [2.75, 3.05) is 0 Å². The van der Waals surface area contributed by atoms with Gasteiger partial charge in [-0.2, -0.15) is 0 Å². The van der Waals surface area contributed by atoms with Crippen LogP contribution >= 0.6 is 0 Å². The monoisotopic (exact) mass is 879 g/mol. The van der Waals surface area contributed by atoms with E-state index in [9.17, 15) is 9.22 Å². The van der Waals surface area contributed by atoms with Crippen LogP contribution in [0.3, 0.4) is 0 Å². The molecular weight excluding hydrogens is 803 g/mol. The Labute approximate surface area is 412 Å². The highest BCUT2D eigenvalue weighted by Gasteiger charge is 2.26. The van der Waals surface area contributed by atoms with Crippen molar-refractivity contribution in [2.24, 2.45) is 0 Å². The van der Waals surface area contributed by atoms with Crippen LogP contribution in [-0.2, 0) is 10.8 Å². The second-order valence-electron chi connectivity index (χ2n) is 18.6. The zero-order chi connectivity index (χ0) is 59.2. The Bertz CT molecular complexity index is 3850. The van der Waals surface area contributed by atoms with Gasteiger partial charge in [0.05, 0.1) is 30.5 Å². The van der Waals surface area contributed by atoms with Gasteiger partial charge in [0.15, 0.2) is 0 Å². The number of nitrogens with zero attached hydrogens (tertiary/aromatic N) is 3. The Hall–Kier alpha value is -7.04. The topological polar surface area (TPSA) is 50.9 Å². The first-order valence-electron chi connectivity index (χ1n) is 29.7. The summed E-state index contributed by atoms with van der Waals surface area (Å²) in [4.78, 5) is 10.1. The molecule has 0 saturated heterocycles. The van der Waals surface area contributed by atoms with Crippen LogP contribution in [0.5, 0.6) is 5.75 Å². The van der Waals surface area contributed by atoms with E-state index in [0.29, 0.717) is 44.7 Å². The van der Waals surface area contributed by atoms with Crippen molar-refractivity contribution in [1.29, 1.82) is 0 Å². The van der Waals surface area contributed by atoms with Gasteiger partial charge in [-0.15, -0.1) is 0 Å². The second-order valence-corrected chi connectivity index (χ2v) is 18.6. The number of phenolic OH excluding ortho intramolecular Hbond substituents is 1. The number of aromatic nitrogens is 3. The van der Waals surface area contributed by atoms with E-state index < -0.39 is 78.9 Å². The lowest BCUT2D eigenvalue weighted by molar-refractivity contribution is 0.466. The fraction of sp³-hybridized carbons (Fsp3) is 0.226. The molecule has 0 radical (unpaired) electrons. The Kier molecular flexibility index (Phi) is 7.77. The van der Waals surface area contributed by atoms with Gasteiger partial charge in [-0.3, -0.25) is 9.55 Å². The van der Waals surface area contributed by atoms with Gasteiger partial charge in [0, 0.05) is 35.3 Å². The van der Waals surface area contributed by atoms with Gasteiger partial charge in [-0.25, -0.2) is 4.98 Å². The minimum Gasteiger partial charge on any atom is -0.507 e. The number of fused-ring (bicyclic) bond motifs is 1. The highest BCUT2D eigenvalue weighted by atomic mass is 16.3. The Morgan fingerprint density at radius 2 is 1.21 bits per heavy atom. The van der Waals surface area contributed by atoms with E-state index in [1.54, 1.807) is 12.1 Å². The maximum atomic E-state index is 12.4. The zero-order valence-corrected chi connectivity index (χ0v) is 38.1. The number of hydrogen-bond acceptors (Lipinski definition) is 3. The van der Waals surface area contributed by atoms with Crippen LogP contribution in [0.25, 0.3) is 83.9 Å². The van der Waals surface area contributed by atoms with Crippen molar-refractivity contribution >= 4 is 11.0 Å². The third-order valence-electron chi connectivity index (χ3n) is 12.0. The minimum atomic E-state index is -3.90. The summed E-state index contributed by atoms with van der Waals surface area (Å²) in [5.41, 5.74) is 3.93. The molecule has 0 aliphatic heterocycles. The molecule has 0 aliphatic rings. The molecule has 66 heavy (non-hydrogen) atoms. The highest BCUT2D eigenvalue weighted by Crippen LogP contribution is 2.44. The second kappa shape index (κ2) is 17.4. The van der Waals surface area contributed by atoms with E-state index in [0.717, 1.165) is 45.3 Å². The smallest absolute Gasteiger partial charge is 0.149 e. The van der Waals surface area contributed by atoms with Crippen LogP contribution in [0, 0.1) is 0 Å². The number of pyridine rings is 1. The van der Waals surface area contributed by atoms with Gasteiger partial charge in [0.25, 0.3) is 0 Å². The summed E-state index contributed by atoms with van der Waals surface area (Å²) in [5, 5.41) is 12.4. The van der Waals surface area contributed by atoms with Crippen molar-refractivity contribution in [1.82, 2.24) is 14.5 Å². The number of aromatic hydroxyl groups is 1. The molecule has 4 heteroatoms. The lowest BCUT2D eigenvalue weighted by Crippen LogP contribution is -2.12. The third-order valence-corrected chi connectivity index (χ3v) is 12.0. The number of benzene rings is 7. The van der Waals surface area contributed by atoms with E-state index in [2.05, 4.69) is 80.6 Å². The molecule has 0 saturated carbocycles. The molecule has 2 heterocycles. The first-order chi connectivity index (χ1) is 37.8. The zero-order valence-electron chi connectivity index (χ0n) is 53.1. The number of phenols is 1. The molecule has 7 aromatic carbocycles. The summed E-state index contributed by atoms with van der Waals surface area (Å²) in [6, 6.07) is 35.9.